The Morgan fingerprint density at radius 3 is 2.60 bits per heavy atom. The van der Waals surface area contributed by atoms with Crippen molar-refractivity contribution in [2.24, 2.45) is 10.7 Å². The molecular weight excluding hydrogens is 222 g/mol. The predicted molar refractivity (Wildman–Crippen MR) is 55.0 cm³/mol. The average Bonchev–Trinajstić information content (AvgIpc) is 2.19. The van der Waals surface area contributed by atoms with Gasteiger partial charge in [-0.15, -0.1) is 0 Å². The SMILES string of the molecule is NC(=Nc1ccc(Cl)cc1)NOC(=O)O. The monoisotopic (exact) mass is 229 g/mol. The molecule has 0 spiro atoms. The Kier molecular flexibility index (Phi) is 3.75. The van der Waals surface area contributed by atoms with E-state index >= 15 is 0 Å². The molecule has 0 aromatic heterocycles. The lowest BCUT2D eigenvalue weighted by Gasteiger charge is -2.01. The van der Waals surface area contributed by atoms with Crippen molar-refractivity contribution < 1.29 is 14.7 Å². The van der Waals surface area contributed by atoms with E-state index < -0.39 is 6.16 Å². The summed E-state index contributed by atoms with van der Waals surface area (Å²) in [6, 6.07) is 6.51. The second-order valence-electron chi connectivity index (χ2n) is 2.44. The van der Waals surface area contributed by atoms with Gasteiger partial charge in [-0.2, -0.15) is 5.48 Å². The van der Waals surface area contributed by atoms with Crippen molar-refractivity contribution in [3.05, 3.63) is 29.3 Å². The first-order chi connectivity index (χ1) is 7.08. The van der Waals surface area contributed by atoms with E-state index in [9.17, 15) is 4.79 Å². The third-order valence-corrected chi connectivity index (χ3v) is 1.57. The van der Waals surface area contributed by atoms with Crippen LogP contribution < -0.4 is 11.2 Å². The van der Waals surface area contributed by atoms with Crippen molar-refractivity contribution >= 4 is 29.4 Å². The summed E-state index contributed by atoms with van der Waals surface area (Å²) in [6.45, 7) is 0. The highest BCUT2D eigenvalue weighted by atomic mass is 35.5. The van der Waals surface area contributed by atoms with Gasteiger partial charge in [0.25, 0.3) is 0 Å². The van der Waals surface area contributed by atoms with Crippen LogP contribution in [0, 0.1) is 0 Å². The summed E-state index contributed by atoms with van der Waals surface area (Å²) in [6.07, 6.45) is -1.50. The van der Waals surface area contributed by atoms with Crippen LogP contribution in [-0.2, 0) is 4.84 Å². The van der Waals surface area contributed by atoms with Crippen molar-refractivity contribution in [2.45, 2.75) is 0 Å². The number of hydroxylamine groups is 1. The van der Waals surface area contributed by atoms with E-state index in [-0.39, 0.29) is 5.96 Å². The fourth-order valence-electron chi connectivity index (χ4n) is 0.773. The summed E-state index contributed by atoms with van der Waals surface area (Å²) in [4.78, 5) is 17.8. The Balaban J connectivity index is 2.62. The molecule has 0 fully saturated rings. The highest BCUT2D eigenvalue weighted by Gasteiger charge is 1.98. The molecular formula is C8H8ClN3O3. The number of nitrogens with zero attached hydrogens (tertiary/aromatic N) is 1. The average molecular weight is 230 g/mol. The Morgan fingerprint density at radius 1 is 1.47 bits per heavy atom. The largest absolute Gasteiger partial charge is 0.530 e. The maximum absolute atomic E-state index is 9.99. The summed E-state index contributed by atoms with van der Waals surface area (Å²) < 4.78 is 0. The summed E-state index contributed by atoms with van der Waals surface area (Å²) in [5.41, 5.74) is 7.78. The minimum atomic E-state index is -1.50. The van der Waals surface area contributed by atoms with Gasteiger partial charge < -0.3 is 15.7 Å². The van der Waals surface area contributed by atoms with Crippen LogP contribution in [0.3, 0.4) is 0 Å². The molecule has 0 aliphatic carbocycles. The summed E-state index contributed by atoms with van der Waals surface area (Å²) in [7, 11) is 0. The molecule has 1 rings (SSSR count). The number of nitrogens with one attached hydrogen (secondary N) is 1. The summed E-state index contributed by atoms with van der Waals surface area (Å²) in [5, 5.41) is 8.72. The van der Waals surface area contributed by atoms with Crippen LogP contribution in [0.2, 0.25) is 5.02 Å². The molecule has 0 unspecified atom stereocenters. The maximum atomic E-state index is 9.99. The Labute approximate surface area is 90.3 Å². The standard InChI is InChI=1S/C8H8ClN3O3/c9-5-1-3-6(4-2-5)11-7(10)12-15-8(13)14/h1-4H,(H,13,14)(H3,10,11,12). The van der Waals surface area contributed by atoms with E-state index in [4.69, 9.17) is 22.4 Å². The normalized spacial score (nSPS) is 10.9. The molecule has 0 saturated carbocycles. The van der Waals surface area contributed by atoms with Gasteiger partial charge in [0, 0.05) is 5.02 Å². The molecule has 7 heteroatoms. The number of aliphatic imine (C=N–C) groups is 1. The van der Waals surface area contributed by atoms with Gasteiger partial charge in [0.2, 0.25) is 5.96 Å². The zero-order valence-electron chi connectivity index (χ0n) is 7.48. The van der Waals surface area contributed by atoms with Crippen LogP contribution in [0.4, 0.5) is 10.5 Å². The van der Waals surface area contributed by atoms with E-state index in [0.717, 1.165) is 0 Å². The first kappa shape index (κ1) is 11.1. The van der Waals surface area contributed by atoms with Gasteiger partial charge >= 0.3 is 6.16 Å². The van der Waals surface area contributed by atoms with E-state index in [2.05, 4.69) is 9.83 Å². The van der Waals surface area contributed by atoms with Gasteiger partial charge in [0.1, 0.15) is 0 Å². The van der Waals surface area contributed by atoms with Crippen molar-refractivity contribution in [3.8, 4) is 0 Å². The van der Waals surface area contributed by atoms with Gasteiger partial charge in [0.15, 0.2) is 0 Å². The molecule has 1 aromatic rings. The number of halogens is 1. The molecule has 0 aliphatic heterocycles. The number of nitrogens with two attached hydrogens (primary N) is 1. The van der Waals surface area contributed by atoms with E-state index in [0.29, 0.717) is 10.7 Å². The third kappa shape index (κ3) is 4.19. The Bertz CT molecular complexity index is 377. The zero-order chi connectivity index (χ0) is 11.3. The highest BCUT2D eigenvalue weighted by molar-refractivity contribution is 6.30. The van der Waals surface area contributed by atoms with Gasteiger partial charge in [-0.25, -0.2) is 9.79 Å². The van der Waals surface area contributed by atoms with Crippen LogP contribution in [0.15, 0.2) is 29.3 Å². The molecule has 15 heavy (non-hydrogen) atoms. The van der Waals surface area contributed by atoms with Crippen LogP contribution in [-0.4, -0.2) is 17.2 Å². The van der Waals surface area contributed by atoms with Gasteiger partial charge in [-0.1, -0.05) is 11.6 Å². The number of carboxylic acid groups (broad SMARTS) is 1. The quantitative estimate of drug-likeness (QED) is 0.385. The van der Waals surface area contributed by atoms with Crippen molar-refractivity contribution in [1.29, 1.82) is 0 Å². The highest BCUT2D eigenvalue weighted by Crippen LogP contribution is 2.15. The lowest BCUT2D eigenvalue weighted by atomic mass is 10.3. The fraction of sp³-hybridized carbons (Fsp3) is 0. The second-order valence-corrected chi connectivity index (χ2v) is 2.88. The van der Waals surface area contributed by atoms with E-state index in [1.807, 2.05) is 5.48 Å². The van der Waals surface area contributed by atoms with Gasteiger partial charge in [0.05, 0.1) is 5.69 Å². The van der Waals surface area contributed by atoms with E-state index in [1.54, 1.807) is 24.3 Å². The van der Waals surface area contributed by atoms with Crippen molar-refractivity contribution in [1.82, 2.24) is 5.48 Å². The number of rotatable bonds is 1. The van der Waals surface area contributed by atoms with E-state index in [1.165, 1.54) is 0 Å². The molecule has 4 N–H and O–H groups in total. The lowest BCUT2D eigenvalue weighted by Crippen LogP contribution is -2.32. The van der Waals surface area contributed by atoms with Crippen LogP contribution >= 0.6 is 11.6 Å². The smallest absolute Gasteiger partial charge is 0.448 e. The molecule has 0 heterocycles. The fourth-order valence-corrected chi connectivity index (χ4v) is 0.899. The zero-order valence-corrected chi connectivity index (χ0v) is 8.23. The topological polar surface area (TPSA) is 96.9 Å². The summed E-state index contributed by atoms with van der Waals surface area (Å²) >= 11 is 5.65. The van der Waals surface area contributed by atoms with Crippen LogP contribution in [0.25, 0.3) is 0 Å². The predicted octanol–water partition coefficient (Wildman–Crippen LogP) is 1.49. The molecule has 0 aliphatic rings. The number of hydrogen-bond acceptors (Lipinski definition) is 3. The maximum Gasteiger partial charge on any atom is 0.530 e. The Hall–Kier alpha value is -1.95. The second kappa shape index (κ2) is 5.06. The molecule has 6 nitrogen and oxygen atoms in total. The minimum Gasteiger partial charge on any atom is -0.448 e. The van der Waals surface area contributed by atoms with Crippen molar-refractivity contribution in [3.63, 3.8) is 0 Å². The third-order valence-electron chi connectivity index (χ3n) is 1.32. The van der Waals surface area contributed by atoms with Crippen LogP contribution in [0.1, 0.15) is 0 Å². The minimum absolute atomic E-state index is 0.167. The Morgan fingerprint density at radius 2 is 2.07 bits per heavy atom. The molecule has 0 atom stereocenters. The first-order valence-electron chi connectivity index (χ1n) is 3.83. The number of carbonyl (C=O) groups is 1. The van der Waals surface area contributed by atoms with Crippen molar-refractivity contribution in [2.75, 3.05) is 0 Å². The number of hydrogen-bond donors (Lipinski definition) is 3. The summed E-state index contributed by atoms with van der Waals surface area (Å²) in [5.74, 6) is -0.167. The molecule has 1 aromatic carbocycles. The first-order valence-corrected chi connectivity index (χ1v) is 4.21. The molecule has 0 bridgehead atoms. The van der Waals surface area contributed by atoms with Gasteiger partial charge in [-0.05, 0) is 24.3 Å². The van der Waals surface area contributed by atoms with Crippen LogP contribution in [0.5, 0.6) is 0 Å². The number of benzene rings is 1. The van der Waals surface area contributed by atoms with Gasteiger partial charge in [-0.3, -0.25) is 0 Å². The molecule has 0 amide bonds. The molecule has 0 saturated heterocycles. The molecule has 80 valence electrons. The lowest BCUT2D eigenvalue weighted by molar-refractivity contribution is 0.0680. The number of guanidine groups is 1. The molecule has 0 radical (unpaired) electrons.